The van der Waals surface area contributed by atoms with Crippen molar-refractivity contribution < 1.29 is 22.4 Å². The molecule has 1 aromatic heterocycles. The largest absolute Gasteiger partial charge is 0.418 e. The number of halogens is 4. The van der Waals surface area contributed by atoms with Crippen LogP contribution >= 0.6 is 0 Å². The number of carbonyl (C=O) groups excluding carboxylic acids is 1. The van der Waals surface area contributed by atoms with Crippen LogP contribution in [0.25, 0.3) is 0 Å². The third kappa shape index (κ3) is 4.91. The molecule has 0 radical (unpaired) electrons. The quantitative estimate of drug-likeness (QED) is 0.590. The second-order valence-electron chi connectivity index (χ2n) is 6.10. The number of para-hydroxylation sites is 1. The van der Waals surface area contributed by atoms with Crippen LogP contribution in [0, 0.1) is 5.82 Å². The van der Waals surface area contributed by atoms with Gasteiger partial charge >= 0.3 is 12.2 Å². The van der Waals surface area contributed by atoms with Crippen molar-refractivity contribution in [3.8, 4) is 0 Å². The molecule has 2 amide bonds. The van der Waals surface area contributed by atoms with Crippen LogP contribution in [0.15, 0.2) is 66.9 Å². The van der Waals surface area contributed by atoms with Crippen LogP contribution < -0.4 is 10.6 Å². The molecule has 3 rings (SSSR count). The van der Waals surface area contributed by atoms with Crippen molar-refractivity contribution in [2.45, 2.75) is 19.3 Å². The Morgan fingerprint density at radius 2 is 1.68 bits per heavy atom. The van der Waals surface area contributed by atoms with Crippen molar-refractivity contribution in [2.75, 3.05) is 5.32 Å². The van der Waals surface area contributed by atoms with Crippen molar-refractivity contribution in [3.63, 3.8) is 0 Å². The molecule has 0 bridgehead atoms. The van der Waals surface area contributed by atoms with Crippen molar-refractivity contribution in [2.24, 2.45) is 0 Å². The zero-order valence-corrected chi connectivity index (χ0v) is 14.6. The lowest BCUT2D eigenvalue weighted by atomic mass is 10.1. The lowest BCUT2D eigenvalue weighted by Gasteiger charge is -2.14. The van der Waals surface area contributed by atoms with Gasteiger partial charge in [0.25, 0.3) is 0 Å². The summed E-state index contributed by atoms with van der Waals surface area (Å²) < 4.78 is 53.8. The Labute approximate surface area is 158 Å². The standard InChI is InChI=1S/C20H17F4N3O/c21-15-9-7-14(8-10-15)13-27-11-3-4-16(27)12-25-19(28)26-18-6-2-1-5-17(18)20(22,23)24/h1-11H,12-13H2,(H2,25,26,28). The van der Waals surface area contributed by atoms with Gasteiger partial charge in [-0.25, -0.2) is 9.18 Å². The monoisotopic (exact) mass is 391 g/mol. The number of hydrogen-bond donors (Lipinski definition) is 2. The minimum Gasteiger partial charge on any atom is -0.345 e. The topological polar surface area (TPSA) is 46.1 Å². The average molecular weight is 391 g/mol. The molecule has 2 aromatic carbocycles. The van der Waals surface area contributed by atoms with Crippen LogP contribution in [0.4, 0.5) is 28.0 Å². The van der Waals surface area contributed by atoms with Crippen LogP contribution in [0.3, 0.4) is 0 Å². The Balaban J connectivity index is 1.62. The maximum Gasteiger partial charge on any atom is 0.418 e. The molecular formula is C20H17F4N3O. The summed E-state index contributed by atoms with van der Waals surface area (Å²) in [5.74, 6) is -0.325. The lowest BCUT2D eigenvalue weighted by Crippen LogP contribution is -2.30. The molecule has 4 nitrogen and oxygen atoms in total. The highest BCUT2D eigenvalue weighted by Gasteiger charge is 2.33. The molecule has 0 fully saturated rings. The summed E-state index contributed by atoms with van der Waals surface area (Å²) in [5, 5.41) is 4.78. The minimum absolute atomic E-state index is 0.119. The Kier molecular flexibility index (Phi) is 5.67. The van der Waals surface area contributed by atoms with E-state index in [1.807, 2.05) is 4.57 Å². The van der Waals surface area contributed by atoms with Crippen LogP contribution in [0.2, 0.25) is 0 Å². The zero-order valence-electron chi connectivity index (χ0n) is 14.6. The van der Waals surface area contributed by atoms with Gasteiger partial charge in [-0.15, -0.1) is 0 Å². The smallest absolute Gasteiger partial charge is 0.345 e. The summed E-state index contributed by atoms with van der Waals surface area (Å²) in [6.07, 6.45) is -2.76. The van der Waals surface area contributed by atoms with Crippen molar-refractivity contribution in [1.82, 2.24) is 9.88 Å². The third-order valence-corrected chi connectivity index (χ3v) is 4.10. The highest BCUT2D eigenvalue weighted by atomic mass is 19.4. The minimum atomic E-state index is -4.56. The fourth-order valence-corrected chi connectivity index (χ4v) is 2.73. The van der Waals surface area contributed by atoms with Crippen molar-refractivity contribution >= 4 is 11.7 Å². The number of nitrogens with zero attached hydrogens (tertiary/aromatic N) is 1. The first-order valence-corrected chi connectivity index (χ1v) is 8.42. The summed E-state index contributed by atoms with van der Waals surface area (Å²) in [7, 11) is 0. The van der Waals surface area contributed by atoms with Crippen LogP contribution in [-0.4, -0.2) is 10.6 Å². The number of amides is 2. The molecule has 1 heterocycles. The van der Waals surface area contributed by atoms with Gasteiger partial charge in [0.15, 0.2) is 0 Å². The van der Waals surface area contributed by atoms with Gasteiger partial charge in [0.2, 0.25) is 0 Å². The molecule has 8 heteroatoms. The number of benzene rings is 2. The molecule has 0 saturated carbocycles. The molecule has 0 aliphatic rings. The number of nitrogens with one attached hydrogen (secondary N) is 2. The molecule has 0 aliphatic carbocycles. The van der Waals surface area contributed by atoms with Crippen LogP contribution in [0.1, 0.15) is 16.8 Å². The van der Waals surface area contributed by atoms with E-state index in [0.717, 1.165) is 17.3 Å². The number of carbonyl (C=O) groups is 1. The molecule has 0 unspecified atom stereocenters. The first-order valence-electron chi connectivity index (χ1n) is 8.42. The van der Waals surface area contributed by atoms with E-state index in [1.165, 1.54) is 30.3 Å². The molecular weight excluding hydrogens is 374 g/mol. The van der Waals surface area contributed by atoms with Gasteiger partial charge in [0.1, 0.15) is 5.82 Å². The first-order chi connectivity index (χ1) is 13.3. The Morgan fingerprint density at radius 3 is 2.39 bits per heavy atom. The fourth-order valence-electron chi connectivity index (χ4n) is 2.73. The fraction of sp³-hybridized carbons (Fsp3) is 0.150. The summed E-state index contributed by atoms with van der Waals surface area (Å²) in [4.78, 5) is 12.1. The Bertz CT molecular complexity index is 949. The van der Waals surface area contributed by atoms with Gasteiger partial charge < -0.3 is 15.2 Å². The molecule has 146 valence electrons. The number of anilines is 1. The normalized spacial score (nSPS) is 11.3. The second kappa shape index (κ2) is 8.16. The molecule has 0 saturated heterocycles. The van der Waals surface area contributed by atoms with E-state index in [0.29, 0.717) is 6.54 Å². The third-order valence-electron chi connectivity index (χ3n) is 4.10. The number of hydrogen-bond acceptors (Lipinski definition) is 1. The number of alkyl halides is 3. The van der Waals surface area contributed by atoms with E-state index in [4.69, 9.17) is 0 Å². The van der Waals surface area contributed by atoms with Gasteiger partial charge in [-0.05, 0) is 42.0 Å². The lowest BCUT2D eigenvalue weighted by molar-refractivity contribution is -0.136. The first kappa shape index (κ1) is 19.5. The SMILES string of the molecule is O=C(NCc1cccn1Cc1ccc(F)cc1)Nc1ccccc1C(F)(F)F. The Morgan fingerprint density at radius 1 is 0.964 bits per heavy atom. The second-order valence-corrected chi connectivity index (χ2v) is 6.10. The molecule has 3 aromatic rings. The summed E-state index contributed by atoms with van der Waals surface area (Å²) in [6, 6.07) is 13.7. The van der Waals surface area contributed by atoms with Crippen molar-refractivity contribution in [1.29, 1.82) is 0 Å². The van der Waals surface area contributed by atoms with E-state index in [2.05, 4.69) is 10.6 Å². The van der Waals surface area contributed by atoms with Crippen LogP contribution in [0.5, 0.6) is 0 Å². The van der Waals surface area contributed by atoms with E-state index in [9.17, 15) is 22.4 Å². The highest BCUT2D eigenvalue weighted by molar-refractivity contribution is 5.90. The summed E-state index contributed by atoms with van der Waals surface area (Å²) in [5.41, 5.74) is 0.407. The van der Waals surface area contributed by atoms with Gasteiger partial charge in [-0.2, -0.15) is 13.2 Å². The van der Waals surface area contributed by atoms with E-state index < -0.39 is 17.8 Å². The Hall–Kier alpha value is -3.29. The predicted molar refractivity (Wildman–Crippen MR) is 97.2 cm³/mol. The molecule has 0 atom stereocenters. The van der Waals surface area contributed by atoms with Gasteiger partial charge in [0, 0.05) is 18.4 Å². The molecule has 0 spiro atoms. The molecule has 0 aliphatic heterocycles. The molecule has 28 heavy (non-hydrogen) atoms. The summed E-state index contributed by atoms with van der Waals surface area (Å²) >= 11 is 0. The van der Waals surface area contributed by atoms with Gasteiger partial charge in [0.05, 0.1) is 17.8 Å². The van der Waals surface area contributed by atoms with E-state index in [1.54, 1.807) is 30.5 Å². The average Bonchev–Trinajstić information content (AvgIpc) is 3.08. The molecule has 2 N–H and O–H groups in total. The van der Waals surface area contributed by atoms with Crippen LogP contribution in [-0.2, 0) is 19.3 Å². The predicted octanol–water partition coefficient (Wildman–Crippen LogP) is 5.02. The summed E-state index contributed by atoms with van der Waals surface area (Å²) in [6.45, 7) is 0.594. The van der Waals surface area contributed by atoms with Crippen molar-refractivity contribution in [3.05, 3.63) is 89.5 Å². The highest BCUT2D eigenvalue weighted by Crippen LogP contribution is 2.34. The van der Waals surface area contributed by atoms with Gasteiger partial charge in [-0.3, -0.25) is 0 Å². The van der Waals surface area contributed by atoms with E-state index >= 15 is 0 Å². The number of rotatable bonds is 5. The number of urea groups is 1. The van der Waals surface area contributed by atoms with E-state index in [-0.39, 0.29) is 18.0 Å². The zero-order chi connectivity index (χ0) is 20.1. The number of aromatic nitrogens is 1. The van der Waals surface area contributed by atoms with Gasteiger partial charge in [-0.1, -0.05) is 24.3 Å². The maximum atomic E-state index is 13.0. The maximum absolute atomic E-state index is 13.0.